The number of benzene rings is 2. The maximum atomic E-state index is 13.5. The number of hydrogen-bond acceptors (Lipinski definition) is 10. The Balaban J connectivity index is 1.92. The van der Waals surface area contributed by atoms with Crippen molar-refractivity contribution in [1.82, 2.24) is 4.98 Å². The molecule has 11 heteroatoms. The molecular weight excluding hydrogens is 524 g/mol. The van der Waals surface area contributed by atoms with Gasteiger partial charge in [0.25, 0.3) is 5.78 Å². The highest BCUT2D eigenvalue weighted by atomic mass is 32.1. The van der Waals surface area contributed by atoms with E-state index in [9.17, 15) is 24.6 Å². The highest BCUT2D eigenvalue weighted by molar-refractivity contribution is 7.17. The van der Waals surface area contributed by atoms with Crippen LogP contribution in [0.4, 0.5) is 5.13 Å². The summed E-state index contributed by atoms with van der Waals surface area (Å²) in [6.45, 7) is 5.92. The summed E-state index contributed by atoms with van der Waals surface area (Å²) in [6.07, 6.45) is 0.828. The SMILES string of the molecule is CCCOc1ccc(/C(O)=C2/C(=O)C(=O)N(c3nc(C)c(C(=O)OC)s3)C2c2ccc(O)c(OC)c2)cc1C. The molecule has 0 aliphatic carbocycles. The zero-order valence-electron chi connectivity index (χ0n) is 22.1. The largest absolute Gasteiger partial charge is 0.507 e. The van der Waals surface area contributed by atoms with E-state index in [4.69, 9.17) is 14.2 Å². The van der Waals surface area contributed by atoms with Crippen molar-refractivity contribution in [1.29, 1.82) is 0 Å². The average molecular weight is 553 g/mol. The number of hydrogen-bond donors (Lipinski definition) is 2. The summed E-state index contributed by atoms with van der Waals surface area (Å²) in [6, 6.07) is 8.20. The molecule has 3 aromatic rings. The Hall–Kier alpha value is -4.38. The number of methoxy groups -OCH3 is 2. The first-order valence-corrected chi connectivity index (χ1v) is 12.9. The topological polar surface area (TPSA) is 135 Å². The number of rotatable bonds is 8. The third kappa shape index (κ3) is 5.05. The highest BCUT2D eigenvalue weighted by Gasteiger charge is 2.48. The fraction of sp³-hybridized carbons (Fsp3) is 0.286. The van der Waals surface area contributed by atoms with Crippen LogP contribution in [-0.4, -0.2) is 53.7 Å². The van der Waals surface area contributed by atoms with Crippen molar-refractivity contribution < 1.29 is 38.8 Å². The van der Waals surface area contributed by atoms with Gasteiger partial charge in [-0.1, -0.05) is 24.3 Å². The maximum Gasteiger partial charge on any atom is 0.350 e. The summed E-state index contributed by atoms with van der Waals surface area (Å²) in [5, 5.41) is 21.7. The van der Waals surface area contributed by atoms with Crippen LogP contribution in [0.3, 0.4) is 0 Å². The monoisotopic (exact) mass is 552 g/mol. The standard InChI is InChI=1S/C28H28N2O8S/c1-6-11-38-19-10-8-17(12-14(19)2)23(32)21-22(16-7-9-18(31)20(13-16)36-4)30(26(34)24(21)33)28-29-15(3)25(39-28)27(35)37-5/h7-10,12-13,22,31-32H,6,11H2,1-5H3/b23-21-. The Morgan fingerprint density at radius 2 is 1.85 bits per heavy atom. The van der Waals surface area contributed by atoms with Crippen LogP contribution in [0.2, 0.25) is 0 Å². The summed E-state index contributed by atoms with van der Waals surface area (Å²) in [5.74, 6) is -2.27. The quantitative estimate of drug-likeness (QED) is 0.177. The van der Waals surface area contributed by atoms with Crippen LogP contribution in [0.5, 0.6) is 17.2 Å². The van der Waals surface area contributed by atoms with Crippen LogP contribution in [0.15, 0.2) is 42.0 Å². The summed E-state index contributed by atoms with van der Waals surface area (Å²) in [7, 11) is 2.60. The maximum absolute atomic E-state index is 13.5. The van der Waals surface area contributed by atoms with Crippen LogP contribution < -0.4 is 14.4 Å². The fourth-order valence-corrected chi connectivity index (χ4v) is 5.31. The first-order chi connectivity index (χ1) is 18.6. The van der Waals surface area contributed by atoms with Gasteiger partial charge >= 0.3 is 11.9 Å². The molecule has 0 radical (unpaired) electrons. The third-order valence-electron chi connectivity index (χ3n) is 6.24. The summed E-state index contributed by atoms with van der Waals surface area (Å²) < 4.78 is 15.8. The van der Waals surface area contributed by atoms with Crippen molar-refractivity contribution in [2.75, 3.05) is 25.7 Å². The van der Waals surface area contributed by atoms with E-state index in [0.717, 1.165) is 28.2 Å². The molecule has 2 N–H and O–H groups in total. The predicted molar refractivity (Wildman–Crippen MR) is 145 cm³/mol. The zero-order valence-corrected chi connectivity index (χ0v) is 22.9. The lowest BCUT2D eigenvalue weighted by molar-refractivity contribution is -0.132. The molecule has 1 fully saturated rings. The van der Waals surface area contributed by atoms with Gasteiger partial charge in [-0.3, -0.25) is 14.5 Å². The number of aryl methyl sites for hydroxylation is 2. The minimum atomic E-state index is -1.13. The molecule has 10 nitrogen and oxygen atoms in total. The number of aliphatic hydroxyl groups excluding tert-OH is 1. The Kier molecular flexibility index (Phi) is 7.91. The van der Waals surface area contributed by atoms with Gasteiger partial charge in [0.05, 0.1) is 38.1 Å². The van der Waals surface area contributed by atoms with Crippen molar-refractivity contribution in [2.45, 2.75) is 33.2 Å². The van der Waals surface area contributed by atoms with Gasteiger partial charge < -0.3 is 24.4 Å². The average Bonchev–Trinajstić information content (AvgIpc) is 3.43. The molecule has 0 saturated carbocycles. The predicted octanol–water partition coefficient (Wildman–Crippen LogP) is 4.68. The number of anilines is 1. The molecule has 1 aliphatic heterocycles. The van der Waals surface area contributed by atoms with Crippen LogP contribution in [-0.2, 0) is 14.3 Å². The van der Waals surface area contributed by atoms with Gasteiger partial charge in [0.2, 0.25) is 0 Å². The number of amides is 1. The molecular formula is C28H28N2O8S. The number of aromatic nitrogens is 1. The van der Waals surface area contributed by atoms with E-state index in [1.165, 1.54) is 32.4 Å². The van der Waals surface area contributed by atoms with Crippen LogP contribution in [0, 0.1) is 13.8 Å². The van der Waals surface area contributed by atoms with Gasteiger partial charge in [-0.05, 0) is 61.7 Å². The second kappa shape index (κ2) is 11.2. The number of nitrogens with zero attached hydrogens (tertiary/aromatic N) is 2. The van der Waals surface area contributed by atoms with E-state index in [2.05, 4.69) is 4.98 Å². The minimum Gasteiger partial charge on any atom is -0.507 e. The summed E-state index contributed by atoms with van der Waals surface area (Å²) >= 11 is 0.894. The molecule has 1 saturated heterocycles. The zero-order chi connectivity index (χ0) is 28.4. The van der Waals surface area contributed by atoms with Gasteiger partial charge in [0.15, 0.2) is 16.6 Å². The number of aromatic hydroxyl groups is 1. The van der Waals surface area contributed by atoms with Gasteiger partial charge in [-0.15, -0.1) is 0 Å². The number of phenols is 1. The van der Waals surface area contributed by atoms with Crippen LogP contribution in [0.25, 0.3) is 5.76 Å². The van der Waals surface area contributed by atoms with Crippen molar-refractivity contribution in [2.24, 2.45) is 0 Å². The van der Waals surface area contributed by atoms with Gasteiger partial charge in [-0.2, -0.15) is 0 Å². The van der Waals surface area contributed by atoms with Crippen molar-refractivity contribution in [3.05, 3.63) is 69.2 Å². The molecule has 2 aromatic carbocycles. The number of thiazole rings is 1. The lowest BCUT2D eigenvalue weighted by Gasteiger charge is -2.23. The van der Waals surface area contributed by atoms with E-state index in [-0.39, 0.29) is 32.8 Å². The molecule has 1 aromatic heterocycles. The first-order valence-electron chi connectivity index (χ1n) is 12.1. The van der Waals surface area contributed by atoms with Crippen molar-refractivity contribution in [3.63, 3.8) is 0 Å². The highest BCUT2D eigenvalue weighted by Crippen LogP contribution is 2.45. The lowest BCUT2D eigenvalue weighted by Crippen LogP contribution is -2.29. The van der Waals surface area contributed by atoms with Crippen molar-refractivity contribution in [3.8, 4) is 17.2 Å². The lowest BCUT2D eigenvalue weighted by atomic mass is 9.94. The summed E-state index contributed by atoms with van der Waals surface area (Å²) in [4.78, 5) is 44.8. The number of aliphatic hydroxyl groups is 1. The number of ketones is 1. The number of phenolic OH excluding ortho intramolecular Hbond substituents is 1. The Morgan fingerprint density at radius 1 is 1.10 bits per heavy atom. The van der Waals surface area contributed by atoms with Crippen LogP contribution in [0.1, 0.15) is 51.4 Å². The molecule has 0 bridgehead atoms. The first kappa shape index (κ1) is 27.6. The Bertz CT molecular complexity index is 1490. The molecule has 1 amide bonds. The second-order valence-corrected chi connectivity index (χ2v) is 9.81. The van der Waals surface area contributed by atoms with E-state index >= 15 is 0 Å². The molecule has 1 unspecified atom stereocenters. The smallest absolute Gasteiger partial charge is 0.350 e. The minimum absolute atomic E-state index is 0.0746. The number of Topliss-reactive ketones (excluding diaryl/α,β-unsaturated/α-hetero) is 1. The molecule has 2 heterocycles. The third-order valence-corrected chi connectivity index (χ3v) is 7.37. The second-order valence-electron chi connectivity index (χ2n) is 8.83. The van der Waals surface area contributed by atoms with E-state index in [1.807, 2.05) is 13.8 Å². The number of ether oxygens (including phenoxy) is 3. The van der Waals surface area contributed by atoms with E-state index in [1.54, 1.807) is 25.1 Å². The molecule has 204 valence electrons. The van der Waals surface area contributed by atoms with Gasteiger partial charge in [0.1, 0.15) is 16.4 Å². The van der Waals surface area contributed by atoms with E-state index < -0.39 is 23.7 Å². The van der Waals surface area contributed by atoms with E-state index in [0.29, 0.717) is 29.2 Å². The Labute approximate surface area is 229 Å². The normalized spacial score (nSPS) is 16.4. The number of esters is 1. The summed E-state index contributed by atoms with van der Waals surface area (Å²) in [5.41, 5.74) is 1.57. The number of carbonyl (C=O) groups is 3. The molecule has 4 rings (SSSR count). The van der Waals surface area contributed by atoms with Gasteiger partial charge in [0, 0.05) is 5.56 Å². The molecule has 0 spiro atoms. The van der Waals surface area contributed by atoms with Crippen molar-refractivity contribution >= 4 is 39.9 Å². The molecule has 1 aliphatic rings. The molecule has 39 heavy (non-hydrogen) atoms. The fourth-order valence-electron chi connectivity index (χ4n) is 4.30. The Morgan fingerprint density at radius 3 is 2.49 bits per heavy atom. The van der Waals surface area contributed by atoms with Gasteiger partial charge in [-0.25, -0.2) is 9.78 Å². The molecule has 1 atom stereocenters. The van der Waals surface area contributed by atoms with Crippen LogP contribution >= 0.6 is 11.3 Å². The number of carbonyl (C=O) groups excluding carboxylic acids is 3.